The highest BCUT2D eigenvalue weighted by Gasteiger charge is 2.50. The number of carboxylic acids is 1. The molecule has 3 aromatic rings. The van der Waals surface area contributed by atoms with Crippen molar-refractivity contribution in [3.8, 4) is 6.07 Å². The molecule has 2 aliphatic rings. The van der Waals surface area contributed by atoms with Crippen molar-refractivity contribution in [1.82, 2.24) is 15.0 Å². The van der Waals surface area contributed by atoms with Crippen LogP contribution in [0, 0.1) is 16.7 Å². The largest absolute Gasteiger partial charge is 0.476 e. The SMILES string of the molecule is C[C@@H](Nc1ccc(Cl)nc1C(=O)O)c1cc(C(F)(F)F)cc2nc(C#N)c(N3CC4(COC4)C3)nc12. The maximum atomic E-state index is 13.7. The van der Waals surface area contributed by atoms with Gasteiger partial charge in [0.25, 0.3) is 0 Å². The molecule has 2 aromatic heterocycles. The van der Waals surface area contributed by atoms with E-state index < -0.39 is 23.8 Å². The number of anilines is 2. The Morgan fingerprint density at radius 2 is 2.00 bits per heavy atom. The molecule has 4 heterocycles. The number of fused-ring (bicyclic) bond motifs is 1. The van der Waals surface area contributed by atoms with Gasteiger partial charge in [0.1, 0.15) is 11.2 Å². The third-order valence-electron chi connectivity index (χ3n) is 6.29. The van der Waals surface area contributed by atoms with Gasteiger partial charge in [0.15, 0.2) is 17.2 Å². The second-order valence-corrected chi connectivity index (χ2v) is 9.38. The molecular formula is C23H18ClF3N6O3. The van der Waals surface area contributed by atoms with E-state index in [0.29, 0.717) is 26.3 Å². The summed E-state index contributed by atoms with van der Waals surface area (Å²) >= 11 is 5.81. The summed E-state index contributed by atoms with van der Waals surface area (Å²) in [5.74, 6) is -1.07. The van der Waals surface area contributed by atoms with Crippen molar-refractivity contribution in [2.75, 3.05) is 36.5 Å². The third-order valence-corrected chi connectivity index (χ3v) is 6.50. The molecule has 0 saturated carbocycles. The number of carboxylic acid groups (broad SMARTS) is 1. The Hall–Kier alpha value is -3.69. The van der Waals surface area contributed by atoms with Crippen LogP contribution in [0.1, 0.15) is 40.3 Å². The predicted molar refractivity (Wildman–Crippen MR) is 123 cm³/mol. The number of rotatable bonds is 5. The monoisotopic (exact) mass is 518 g/mol. The molecule has 1 aromatic carbocycles. The predicted octanol–water partition coefficient (Wildman–Crippen LogP) is 4.28. The second-order valence-electron chi connectivity index (χ2n) is 8.99. The van der Waals surface area contributed by atoms with Crippen molar-refractivity contribution in [3.05, 3.63) is 51.9 Å². The van der Waals surface area contributed by atoms with Crippen molar-refractivity contribution >= 4 is 40.1 Å². The Bertz CT molecular complexity index is 1430. The lowest BCUT2D eigenvalue weighted by atomic mass is 9.78. The summed E-state index contributed by atoms with van der Waals surface area (Å²) < 4.78 is 46.5. The molecule has 2 fully saturated rings. The minimum atomic E-state index is -4.68. The van der Waals surface area contributed by atoms with Crippen LogP contribution >= 0.6 is 11.6 Å². The van der Waals surface area contributed by atoms with Crippen LogP contribution < -0.4 is 10.2 Å². The zero-order valence-electron chi connectivity index (χ0n) is 18.7. The van der Waals surface area contributed by atoms with Gasteiger partial charge in [0.05, 0.1) is 47.0 Å². The molecule has 1 spiro atoms. The Kier molecular flexibility index (Phi) is 5.65. The number of aromatic carboxylic acids is 1. The summed E-state index contributed by atoms with van der Waals surface area (Å²) in [4.78, 5) is 26.1. The molecule has 0 amide bonds. The van der Waals surface area contributed by atoms with E-state index in [1.165, 1.54) is 12.1 Å². The number of halogens is 4. The molecule has 2 N–H and O–H groups in total. The average molecular weight is 519 g/mol. The van der Waals surface area contributed by atoms with E-state index in [-0.39, 0.29) is 50.1 Å². The van der Waals surface area contributed by atoms with Crippen LogP contribution in [0.3, 0.4) is 0 Å². The summed E-state index contributed by atoms with van der Waals surface area (Å²) in [5, 5.41) is 22.0. The molecule has 36 heavy (non-hydrogen) atoms. The summed E-state index contributed by atoms with van der Waals surface area (Å²) in [6.45, 7) is 3.98. The van der Waals surface area contributed by atoms with E-state index >= 15 is 0 Å². The van der Waals surface area contributed by atoms with Crippen molar-refractivity contribution in [2.45, 2.75) is 19.1 Å². The van der Waals surface area contributed by atoms with Crippen LogP contribution in [0.15, 0.2) is 24.3 Å². The van der Waals surface area contributed by atoms with Crippen LogP contribution in [-0.4, -0.2) is 52.3 Å². The maximum absolute atomic E-state index is 13.7. The molecule has 1 atom stereocenters. The van der Waals surface area contributed by atoms with Gasteiger partial charge in [-0.1, -0.05) is 11.6 Å². The fraction of sp³-hybridized carbons (Fsp3) is 0.348. The topological polar surface area (TPSA) is 124 Å². The number of alkyl halides is 3. The van der Waals surface area contributed by atoms with E-state index in [4.69, 9.17) is 16.3 Å². The molecule has 2 saturated heterocycles. The summed E-state index contributed by atoms with van der Waals surface area (Å²) in [6.07, 6.45) is -4.68. The van der Waals surface area contributed by atoms with Gasteiger partial charge >= 0.3 is 12.1 Å². The van der Waals surface area contributed by atoms with Crippen molar-refractivity contribution in [1.29, 1.82) is 5.26 Å². The van der Waals surface area contributed by atoms with Crippen LogP contribution in [0.25, 0.3) is 11.0 Å². The number of nitrogens with one attached hydrogen (secondary N) is 1. The van der Waals surface area contributed by atoms with Crippen LogP contribution in [-0.2, 0) is 10.9 Å². The highest BCUT2D eigenvalue weighted by Crippen LogP contribution is 2.42. The Morgan fingerprint density at radius 1 is 1.28 bits per heavy atom. The van der Waals surface area contributed by atoms with Crippen LogP contribution in [0.2, 0.25) is 5.15 Å². The lowest BCUT2D eigenvalue weighted by Crippen LogP contribution is -2.66. The first-order chi connectivity index (χ1) is 17.0. The molecule has 186 valence electrons. The number of benzene rings is 1. The van der Waals surface area contributed by atoms with Gasteiger partial charge in [-0.15, -0.1) is 0 Å². The average Bonchev–Trinajstić information content (AvgIpc) is 2.76. The van der Waals surface area contributed by atoms with Crippen LogP contribution in [0.4, 0.5) is 24.7 Å². The lowest BCUT2D eigenvalue weighted by Gasteiger charge is -2.55. The molecule has 13 heteroatoms. The Morgan fingerprint density at radius 3 is 2.58 bits per heavy atom. The van der Waals surface area contributed by atoms with E-state index in [9.17, 15) is 28.3 Å². The van der Waals surface area contributed by atoms with Crippen LogP contribution in [0.5, 0.6) is 0 Å². The number of hydrogen-bond donors (Lipinski definition) is 2. The van der Waals surface area contributed by atoms with Gasteiger partial charge in [-0.2, -0.15) is 18.4 Å². The van der Waals surface area contributed by atoms with Gasteiger partial charge in [-0.3, -0.25) is 0 Å². The molecule has 5 rings (SSSR count). The van der Waals surface area contributed by atoms with Crippen molar-refractivity contribution < 1.29 is 27.8 Å². The van der Waals surface area contributed by atoms with E-state index in [2.05, 4.69) is 20.3 Å². The fourth-order valence-corrected chi connectivity index (χ4v) is 4.63. The first kappa shape index (κ1) is 24.0. The summed E-state index contributed by atoms with van der Waals surface area (Å²) in [7, 11) is 0. The smallest absolute Gasteiger partial charge is 0.416 e. The summed E-state index contributed by atoms with van der Waals surface area (Å²) in [5.41, 5.74) is -1.13. The minimum absolute atomic E-state index is 0.00992. The zero-order valence-corrected chi connectivity index (χ0v) is 19.5. The fourth-order valence-electron chi connectivity index (χ4n) is 4.48. The number of aromatic nitrogens is 3. The zero-order chi connectivity index (χ0) is 25.8. The molecule has 0 bridgehead atoms. The first-order valence-electron chi connectivity index (χ1n) is 10.8. The third kappa shape index (κ3) is 4.14. The highest BCUT2D eigenvalue weighted by molar-refractivity contribution is 6.29. The van der Waals surface area contributed by atoms with Gasteiger partial charge in [0.2, 0.25) is 0 Å². The van der Waals surface area contributed by atoms with E-state index in [1.807, 2.05) is 11.0 Å². The lowest BCUT2D eigenvalue weighted by molar-refractivity contribution is -0.137. The van der Waals surface area contributed by atoms with E-state index in [1.54, 1.807) is 6.92 Å². The second kappa shape index (κ2) is 8.46. The van der Waals surface area contributed by atoms with Gasteiger partial charge < -0.3 is 20.1 Å². The molecular weight excluding hydrogens is 501 g/mol. The number of ether oxygens (including phenoxy) is 1. The van der Waals surface area contributed by atoms with Gasteiger partial charge in [-0.05, 0) is 31.2 Å². The van der Waals surface area contributed by atoms with Gasteiger partial charge in [0, 0.05) is 18.7 Å². The Labute approximate surface area is 207 Å². The maximum Gasteiger partial charge on any atom is 0.416 e. The van der Waals surface area contributed by atoms with Crippen molar-refractivity contribution in [2.24, 2.45) is 5.41 Å². The quantitative estimate of drug-likeness (QED) is 0.476. The first-order valence-corrected chi connectivity index (χ1v) is 11.2. The molecule has 0 unspecified atom stereocenters. The number of carbonyl (C=O) groups is 1. The number of hydrogen-bond acceptors (Lipinski definition) is 8. The Balaban J connectivity index is 1.61. The summed E-state index contributed by atoms with van der Waals surface area (Å²) in [6, 6.07) is 5.66. The molecule has 0 aliphatic carbocycles. The molecule has 2 aliphatic heterocycles. The number of pyridine rings is 1. The normalized spacial score (nSPS) is 17.3. The number of nitrogens with zero attached hydrogens (tertiary/aromatic N) is 5. The van der Waals surface area contributed by atoms with Crippen molar-refractivity contribution in [3.63, 3.8) is 0 Å². The number of nitriles is 1. The minimum Gasteiger partial charge on any atom is -0.476 e. The molecule has 0 radical (unpaired) electrons. The van der Waals surface area contributed by atoms with Gasteiger partial charge in [-0.25, -0.2) is 19.7 Å². The molecule has 9 nitrogen and oxygen atoms in total. The van der Waals surface area contributed by atoms with E-state index in [0.717, 1.165) is 12.1 Å². The highest BCUT2D eigenvalue weighted by atomic mass is 35.5. The standard InChI is InChI=1S/C23H18ClF3N6O3/c1-11(29-14-2-3-17(24)31-19(14)21(34)35)13-4-12(23(25,26)27)5-15-18(13)32-20(16(6-28)30-15)33-7-22(8-33)9-36-10-22/h2-5,11,29H,7-10H2,1H3,(H,34,35)/t11-/m1/s1.